The molecule has 1 aromatic heterocycles. The van der Waals surface area contributed by atoms with Crippen molar-refractivity contribution >= 4 is 11.5 Å². The Morgan fingerprint density at radius 1 is 1.35 bits per heavy atom. The first-order valence-electron chi connectivity index (χ1n) is 5.98. The number of hydrogen-bond donors (Lipinski definition) is 3. The van der Waals surface area contributed by atoms with E-state index in [9.17, 15) is 10.2 Å². The van der Waals surface area contributed by atoms with Crippen LogP contribution >= 0.6 is 0 Å². The quantitative estimate of drug-likeness (QED) is 0.676. The average Bonchev–Trinajstić information content (AvgIpc) is 2.71. The van der Waals surface area contributed by atoms with Crippen molar-refractivity contribution in [3.63, 3.8) is 0 Å². The molecule has 2 atom stereocenters. The van der Waals surface area contributed by atoms with E-state index >= 15 is 0 Å². The maximum absolute atomic E-state index is 9.59. The third-order valence-corrected chi connectivity index (χ3v) is 3.14. The van der Waals surface area contributed by atoms with Gasteiger partial charge in [-0.15, -0.1) is 0 Å². The van der Waals surface area contributed by atoms with Crippen molar-refractivity contribution in [3.05, 3.63) is 5.69 Å². The van der Waals surface area contributed by atoms with Gasteiger partial charge in [0.25, 0.3) is 0 Å². The molecule has 0 saturated carbocycles. The number of hydrogen-bond acceptors (Lipinski definition) is 5. The van der Waals surface area contributed by atoms with Gasteiger partial charge in [-0.05, 0) is 13.3 Å². The van der Waals surface area contributed by atoms with E-state index in [0.29, 0.717) is 18.8 Å². The third-order valence-electron chi connectivity index (χ3n) is 3.14. The van der Waals surface area contributed by atoms with Crippen LogP contribution in [0.25, 0.3) is 0 Å². The molecule has 96 valence electrons. The van der Waals surface area contributed by atoms with Crippen molar-refractivity contribution in [2.45, 2.75) is 39.0 Å². The van der Waals surface area contributed by atoms with E-state index in [4.69, 9.17) is 5.73 Å². The van der Waals surface area contributed by atoms with Gasteiger partial charge in [-0.1, -0.05) is 6.92 Å². The highest BCUT2D eigenvalue weighted by atomic mass is 16.3. The summed E-state index contributed by atoms with van der Waals surface area (Å²) in [5.74, 6) is 0.819. The monoisotopic (exact) mass is 240 g/mol. The summed E-state index contributed by atoms with van der Waals surface area (Å²) >= 11 is 0. The van der Waals surface area contributed by atoms with E-state index in [1.165, 1.54) is 0 Å². The van der Waals surface area contributed by atoms with E-state index in [-0.39, 0.29) is 0 Å². The van der Waals surface area contributed by atoms with Crippen LogP contribution < -0.4 is 10.6 Å². The minimum Gasteiger partial charge on any atom is -0.394 e. The van der Waals surface area contributed by atoms with Crippen LogP contribution in [0.5, 0.6) is 0 Å². The van der Waals surface area contributed by atoms with Crippen molar-refractivity contribution in [1.82, 2.24) is 9.78 Å². The van der Waals surface area contributed by atoms with Gasteiger partial charge < -0.3 is 20.8 Å². The third kappa shape index (κ3) is 2.10. The summed E-state index contributed by atoms with van der Waals surface area (Å²) in [6.45, 7) is 5.54. The molecular formula is C11H20N4O2. The molecule has 0 aliphatic carbocycles. The van der Waals surface area contributed by atoms with Gasteiger partial charge in [0, 0.05) is 19.6 Å². The second-order valence-corrected chi connectivity index (χ2v) is 4.59. The number of aliphatic hydroxyl groups is 2. The molecule has 1 aliphatic rings. The first-order valence-corrected chi connectivity index (χ1v) is 5.98. The minimum absolute atomic E-state index is 0.403. The van der Waals surface area contributed by atoms with E-state index in [1.54, 1.807) is 0 Å². The largest absolute Gasteiger partial charge is 0.394 e. The molecule has 6 heteroatoms. The molecule has 1 saturated heterocycles. The first-order chi connectivity index (χ1) is 8.04. The van der Waals surface area contributed by atoms with Crippen molar-refractivity contribution < 1.29 is 10.2 Å². The van der Waals surface area contributed by atoms with Crippen LogP contribution in [0.15, 0.2) is 0 Å². The van der Waals surface area contributed by atoms with Crippen LogP contribution in [0, 0.1) is 6.92 Å². The SMILES string of the molecule is CCCn1nc(C)c(N)c1N1CC(O)C(O)C1. The number of nitrogens with two attached hydrogens (primary N) is 1. The summed E-state index contributed by atoms with van der Waals surface area (Å²) in [6.07, 6.45) is -0.452. The number of anilines is 2. The van der Waals surface area contributed by atoms with Crippen molar-refractivity contribution in [2.24, 2.45) is 0 Å². The molecule has 1 fully saturated rings. The Balaban J connectivity index is 2.31. The standard InChI is InChI=1S/C11H20N4O2/c1-3-4-15-11(10(12)7(2)13-15)14-5-8(16)9(17)6-14/h8-9,16-17H,3-6,12H2,1-2H3. The molecule has 2 unspecified atom stereocenters. The van der Waals surface area contributed by atoms with Gasteiger partial charge in [0.15, 0.2) is 5.82 Å². The van der Waals surface area contributed by atoms with Gasteiger partial charge in [0.1, 0.15) is 0 Å². The van der Waals surface area contributed by atoms with Crippen molar-refractivity contribution in [3.8, 4) is 0 Å². The summed E-state index contributed by atoms with van der Waals surface area (Å²) in [5.41, 5.74) is 7.45. The summed E-state index contributed by atoms with van der Waals surface area (Å²) < 4.78 is 1.86. The highest BCUT2D eigenvalue weighted by molar-refractivity contribution is 5.66. The lowest BCUT2D eigenvalue weighted by molar-refractivity contribution is 0.0572. The summed E-state index contributed by atoms with van der Waals surface area (Å²) in [5, 5.41) is 23.6. The smallest absolute Gasteiger partial charge is 0.150 e. The molecule has 1 aromatic rings. The number of aromatic nitrogens is 2. The van der Waals surface area contributed by atoms with E-state index < -0.39 is 12.2 Å². The van der Waals surface area contributed by atoms with Crippen LogP contribution in [-0.4, -0.2) is 45.3 Å². The van der Waals surface area contributed by atoms with Gasteiger partial charge in [0.05, 0.1) is 23.6 Å². The average molecular weight is 240 g/mol. The highest BCUT2D eigenvalue weighted by Gasteiger charge is 2.32. The molecule has 0 bridgehead atoms. The maximum Gasteiger partial charge on any atom is 0.150 e. The molecule has 2 heterocycles. The zero-order valence-electron chi connectivity index (χ0n) is 10.3. The lowest BCUT2D eigenvalue weighted by atomic mass is 10.3. The molecule has 6 nitrogen and oxygen atoms in total. The van der Waals surface area contributed by atoms with Crippen LogP contribution in [0.2, 0.25) is 0 Å². The second-order valence-electron chi connectivity index (χ2n) is 4.59. The topological polar surface area (TPSA) is 87.5 Å². The number of nitrogens with zero attached hydrogens (tertiary/aromatic N) is 3. The van der Waals surface area contributed by atoms with Gasteiger partial charge in [-0.25, -0.2) is 4.68 Å². The normalized spacial score (nSPS) is 24.6. The van der Waals surface area contributed by atoms with Crippen LogP contribution in [0.4, 0.5) is 11.5 Å². The van der Waals surface area contributed by atoms with Gasteiger partial charge in [-0.2, -0.15) is 5.10 Å². The van der Waals surface area contributed by atoms with E-state index in [1.807, 2.05) is 16.5 Å². The molecule has 0 radical (unpaired) electrons. The Hall–Kier alpha value is -1.27. The van der Waals surface area contributed by atoms with Crippen molar-refractivity contribution in [1.29, 1.82) is 0 Å². The van der Waals surface area contributed by atoms with Gasteiger partial charge >= 0.3 is 0 Å². The zero-order valence-corrected chi connectivity index (χ0v) is 10.3. The van der Waals surface area contributed by atoms with E-state index in [2.05, 4.69) is 12.0 Å². The molecular weight excluding hydrogens is 220 g/mol. The molecule has 0 spiro atoms. The maximum atomic E-state index is 9.59. The summed E-state index contributed by atoms with van der Waals surface area (Å²) in [7, 11) is 0. The Bertz CT molecular complexity index is 394. The van der Waals surface area contributed by atoms with Crippen LogP contribution in [0.1, 0.15) is 19.0 Å². The van der Waals surface area contributed by atoms with E-state index in [0.717, 1.165) is 24.5 Å². The van der Waals surface area contributed by atoms with Gasteiger partial charge in [0.2, 0.25) is 0 Å². The summed E-state index contributed by atoms with van der Waals surface area (Å²) in [4.78, 5) is 1.90. The van der Waals surface area contributed by atoms with Crippen LogP contribution in [-0.2, 0) is 6.54 Å². The molecule has 0 aromatic carbocycles. The molecule has 2 rings (SSSR count). The molecule has 1 aliphatic heterocycles. The Morgan fingerprint density at radius 2 is 1.94 bits per heavy atom. The first kappa shape index (κ1) is 12.2. The summed E-state index contributed by atoms with van der Waals surface area (Å²) in [6, 6.07) is 0. The fourth-order valence-corrected chi connectivity index (χ4v) is 2.23. The van der Waals surface area contributed by atoms with Crippen molar-refractivity contribution in [2.75, 3.05) is 23.7 Å². The highest BCUT2D eigenvalue weighted by Crippen LogP contribution is 2.29. The number of nitrogen functional groups attached to an aromatic ring is 1. The molecule has 17 heavy (non-hydrogen) atoms. The molecule has 0 amide bonds. The zero-order chi connectivity index (χ0) is 12.6. The Morgan fingerprint density at radius 3 is 2.47 bits per heavy atom. The fraction of sp³-hybridized carbons (Fsp3) is 0.727. The number of rotatable bonds is 3. The van der Waals surface area contributed by atoms with Gasteiger partial charge in [-0.3, -0.25) is 0 Å². The fourth-order valence-electron chi connectivity index (χ4n) is 2.23. The van der Waals surface area contributed by atoms with Crippen LogP contribution in [0.3, 0.4) is 0 Å². The second kappa shape index (κ2) is 4.54. The lowest BCUT2D eigenvalue weighted by Crippen LogP contribution is -2.25. The minimum atomic E-state index is -0.709. The number of β-amino-alcohol motifs (C(OH)–C–C–N with tert-alkyl or cyclic N) is 2. The predicted molar refractivity (Wildman–Crippen MR) is 65.9 cm³/mol. The lowest BCUT2D eigenvalue weighted by Gasteiger charge is -2.19. The number of aryl methyl sites for hydroxylation is 2. The predicted octanol–water partition coefficient (Wildman–Crippen LogP) is -0.274. The Labute approximate surface area is 101 Å². The Kier molecular flexibility index (Phi) is 3.26. The number of aliphatic hydroxyl groups excluding tert-OH is 2. The molecule has 4 N–H and O–H groups in total.